The van der Waals surface area contributed by atoms with Gasteiger partial charge in [0.15, 0.2) is 0 Å². The number of nitro groups is 1. The van der Waals surface area contributed by atoms with Gasteiger partial charge in [0, 0.05) is 11.6 Å². The fraction of sp³-hybridized carbons (Fsp3) is 0.176. The molecule has 1 amide bonds. The van der Waals surface area contributed by atoms with Gasteiger partial charge in [0.25, 0.3) is 5.69 Å². The molecule has 0 spiro atoms. The number of nitro benzene ring substituents is 1. The highest BCUT2D eigenvalue weighted by molar-refractivity contribution is 5.80. The first-order valence-electron chi connectivity index (χ1n) is 7.51. The maximum Gasteiger partial charge on any atom is 0.273 e. The Bertz CT molecular complexity index is 870. The van der Waals surface area contributed by atoms with Gasteiger partial charge in [-0.2, -0.15) is 0 Å². The van der Waals surface area contributed by atoms with Crippen LogP contribution in [0.4, 0.5) is 5.69 Å². The molecular weight excluding hydrogens is 308 g/mol. The Morgan fingerprint density at radius 3 is 2.71 bits per heavy atom. The summed E-state index contributed by atoms with van der Waals surface area (Å²) in [5, 5.41) is 13.8. The van der Waals surface area contributed by atoms with Crippen molar-refractivity contribution in [2.75, 3.05) is 0 Å². The summed E-state index contributed by atoms with van der Waals surface area (Å²) in [6.45, 7) is 1.81. The van der Waals surface area contributed by atoms with E-state index in [2.05, 4.69) is 15.3 Å². The largest absolute Gasteiger partial charge is 0.346 e. The van der Waals surface area contributed by atoms with E-state index in [0.717, 1.165) is 11.0 Å². The molecule has 122 valence electrons. The summed E-state index contributed by atoms with van der Waals surface area (Å²) in [7, 11) is 0. The third-order valence-electron chi connectivity index (χ3n) is 3.73. The molecule has 2 aromatic carbocycles. The van der Waals surface area contributed by atoms with E-state index in [0.29, 0.717) is 11.4 Å². The van der Waals surface area contributed by atoms with Crippen LogP contribution in [0.2, 0.25) is 0 Å². The van der Waals surface area contributed by atoms with E-state index in [4.69, 9.17) is 0 Å². The quantitative estimate of drug-likeness (QED) is 0.556. The van der Waals surface area contributed by atoms with E-state index in [1.807, 2.05) is 31.2 Å². The second-order valence-electron chi connectivity index (χ2n) is 5.49. The molecule has 1 atom stereocenters. The molecule has 0 aliphatic carbocycles. The molecule has 7 nitrogen and oxygen atoms in total. The zero-order valence-corrected chi connectivity index (χ0v) is 13.0. The van der Waals surface area contributed by atoms with E-state index in [9.17, 15) is 14.9 Å². The maximum atomic E-state index is 12.2. The number of hydrogen-bond donors (Lipinski definition) is 2. The van der Waals surface area contributed by atoms with Crippen molar-refractivity contribution >= 4 is 22.6 Å². The Labute approximate surface area is 137 Å². The minimum absolute atomic E-state index is 0.0518. The molecule has 7 heteroatoms. The normalized spacial score (nSPS) is 12.0. The van der Waals surface area contributed by atoms with E-state index in [1.165, 1.54) is 6.07 Å². The fourth-order valence-electron chi connectivity index (χ4n) is 2.55. The molecule has 0 aliphatic rings. The lowest BCUT2D eigenvalue weighted by Gasteiger charge is -2.11. The average molecular weight is 324 g/mol. The predicted octanol–water partition coefficient (Wildman–Crippen LogP) is 2.89. The summed E-state index contributed by atoms with van der Waals surface area (Å²) in [5.74, 6) is 0.351. The highest BCUT2D eigenvalue weighted by Gasteiger charge is 2.18. The highest BCUT2D eigenvalue weighted by Crippen LogP contribution is 2.19. The van der Waals surface area contributed by atoms with Gasteiger partial charge >= 0.3 is 0 Å². The summed E-state index contributed by atoms with van der Waals surface area (Å²) in [6, 6.07) is 13.5. The van der Waals surface area contributed by atoms with E-state index in [-0.39, 0.29) is 24.1 Å². The van der Waals surface area contributed by atoms with Crippen molar-refractivity contribution in [3.8, 4) is 0 Å². The molecule has 0 fully saturated rings. The van der Waals surface area contributed by atoms with Crippen LogP contribution in [0.3, 0.4) is 0 Å². The van der Waals surface area contributed by atoms with Gasteiger partial charge in [0.2, 0.25) is 5.91 Å². The molecular formula is C17H16N4O3. The van der Waals surface area contributed by atoms with Crippen LogP contribution in [0, 0.1) is 10.1 Å². The number of nitrogens with one attached hydrogen (secondary N) is 2. The van der Waals surface area contributed by atoms with E-state index < -0.39 is 4.92 Å². The third-order valence-corrected chi connectivity index (χ3v) is 3.73. The molecule has 1 heterocycles. The van der Waals surface area contributed by atoms with Gasteiger partial charge in [-0.1, -0.05) is 30.3 Å². The van der Waals surface area contributed by atoms with Gasteiger partial charge in [0.05, 0.1) is 28.4 Å². The molecule has 2 N–H and O–H groups in total. The number of rotatable bonds is 5. The third kappa shape index (κ3) is 3.24. The van der Waals surface area contributed by atoms with Crippen molar-refractivity contribution < 1.29 is 9.72 Å². The molecule has 1 aromatic heterocycles. The van der Waals surface area contributed by atoms with E-state index >= 15 is 0 Å². The lowest BCUT2D eigenvalue weighted by atomic mass is 10.1. The van der Waals surface area contributed by atoms with Gasteiger partial charge in [-0.3, -0.25) is 14.9 Å². The lowest BCUT2D eigenvalue weighted by molar-refractivity contribution is -0.385. The number of aromatic nitrogens is 2. The number of H-pyrrole nitrogens is 1. The molecule has 1 unspecified atom stereocenters. The average Bonchev–Trinajstić information content (AvgIpc) is 2.99. The second kappa shape index (κ2) is 6.49. The number of para-hydroxylation sites is 3. The number of fused-ring (bicyclic) bond motifs is 1. The monoisotopic (exact) mass is 324 g/mol. The molecule has 0 bridgehead atoms. The number of benzene rings is 2. The smallest absolute Gasteiger partial charge is 0.273 e. The Balaban J connectivity index is 1.71. The highest BCUT2D eigenvalue weighted by atomic mass is 16.6. The molecule has 3 rings (SSSR count). The first-order valence-corrected chi connectivity index (χ1v) is 7.51. The van der Waals surface area contributed by atoms with Crippen LogP contribution < -0.4 is 5.32 Å². The van der Waals surface area contributed by atoms with E-state index in [1.54, 1.807) is 18.2 Å². The van der Waals surface area contributed by atoms with Crippen LogP contribution in [-0.4, -0.2) is 20.8 Å². The summed E-state index contributed by atoms with van der Waals surface area (Å²) in [5.41, 5.74) is 2.06. The van der Waals surface area contributed by atoms with Crippen molar-refractivity contribution in [3.63, 3.8) is 0 Å². The Kier molecular flexibility index (Phi) is 4.24. The SMILES string of the molecule is CC(NC(=O)Cc1ccccc1[N+](=O)[O-])c1nc2ccccc2[nH]1. The number of hydrogen-bond acceptors (Lipinski definition) is 4. The van der Waals surface area contributed by atoms with Crippen LogP contribution in [0.5, 0.6) is 0 Å². The number of amides is 1. The van der Waals surface area contributed by atoms with Crippen molar-refractivity contribution in [1.82, 2.24) is 15.3 Å². The summed E-state index contributed by atoms with van der Waals surface area (Å²) < 4.78 is 0. The molecule has 24 heavy (non-hydrogen) atoms. The number of nitrogens with zero attached hydrogens (tertiary/aromatic N) is 2. The molecule has 0 saturated carbocycles. The zero-order valence-electron chi connectivity index (χ0n) is 13.0. The number of imidazole rings is 1. The Hall–Kier alpha value is -3.22. The number of carbonyl (C=O) groups excluding carboxylic acids is 1. The standard InChI is InChI=1S/C17H16N4O3/c1-11(17-19-13-7-3-4-8-14(13)20-17)18-16(22)10-12-6-2-5-9-15(12)21(23)24/h2-9,11H,10H2,1H3,(H,18,22)(H,19,20). The van der Waals surface area contributed by atoms with Crippen molar-refractivity contribution in [1.29, 1.82) is 0 Å². The van der Waals surface area contributed by atoms with Crippen LogP contribution >= 0.6 is 0 Å². The number of carbonyl (C=O) groups is 1. The van der Waals surface area contributed by atoms with Gasteiger partial charge in [0.1, 0.15) is 5.82 Å². The van der Waals surface area contributed by atoms with Gasteiger partial charge in [-0.25, -0.2) is 4.98 Å². The second-order valence-corrected chi connectivity index (χ2v) is 5.49. The van der Waals surface area contributed by atoms with Crippen molar-refractivity contribution in [2.24, 2.45) is 0 Å². The summed E-state index contributed by atoms with van der Waals surface area (Å²) in [6.07, 6.45) is -0.0538. The van der Waals surface area contributed by atoms with Crippen LogP contribution in [-0.2, 0) is 11.2 Å². The molecule has 0 aliphatic heterocycles. The number of aromatic amines is 1. The summed E-state index contributed by atoms with van der Waals surface area (Å²) >= 11 is 0. The van der Waals surface area contributed by atoms with Crippen LogP contribution in [0.15, 0.2) is 48.5 Å². The predicted molar refractivity (Wildman–Crippen MR) is 89.5 cm³/mol. The minimum Gasteiger partial charge on any atom is -0.346 e. The Morgan fingerprint density at radius 2 is 1.96 bits per heavy atom. The van der Waals surface area contributed by atoms with Gasteiger partial charge in [-0.05, 0) is 19.1 Å². The van der Waals surface area contributed by atoms with Gasteiger partial charge in [-0.15, -0.1) is 0 Å². The Morgan fingerprint density at radius 1 is 1.25 bits per heavy atom. The molecule has 3 aromatic rings. The first-order chi connectivity index (χ1) is 11.5. The first kappa shape index (κ1) is 15.7. The minimum atomic E-state index is -0.481. The van der Waals surface area contributed by atoms with Crippen LogP contribution in [0.1, 0.15) is 24.4 Å². The van der Waals surface area contributed by atoms with Crippen molar-refractivity contribution in [2.45, 2.75) is 19.4 Å². The van der Waals surface area contributed by atoms with Crippen molar-refractivity contribution in [3.05, 3.63) is 70.0 Å². The zero-order chi connectivity index (χ0) is 17.1. The lowest BCUT2D eigenvalue weighted by Crippen LogP contribution is -2.29. The maximum absolute atomic E-state index is 12.2. The molecule has 0 saturated heterocycles. The topological polar surface area (TPSA) is 101 Å². The fourth-order valence-corrected chi connectivity index (χ4v) is 2.55. The van der Waals surface area contributed by atoms with Crippen LogP contribution in [0.25, 0.3) is 11.0 Å². The summed E-state index contributed by atoms with van der Waals surface area (Å²) in [4.78, 5) is 30.3. The molecule has 0 radical (unpaired) electrons. The van der Waals surface area contributed by atoms with Gasteiger partial charge < -0.3 is 10.3 Å².